The number of anilines is 2. The van der Waals surface area contributed by atoms with Gasteiger partial charge in [0.1, 0.15) is 11.6 Å². The maximum atomic E-state index is 11.9. The monoisotopic (exact) mass is 307 g/mol. The first kappa shape index (κ1) is 12.4. The smallest absolute Gasteiger partial charge is 0.260 e. The van der Waals surface area contributed by atoms with Gasteiger partial charge in [-0.05, 0) is 30.3 Å². The van der Waals surface area contributed by atoms with Crippen LogP contribution in [-0.4, -0.2) is 16.0 Å². The Morgan fingerprint density at radius 1 is 1.33 bits per heavy atom. The van der Waals surface area contributed by atoms with Gasteiger partial charge >= 0.3 is 0 Å². The molecular formula is C12H10BrN3O2. The summed E-state index contributed by atoms with van der Waals surface area (Å²) in [4.78, 5) is 15.9. The number of nitrogens with zero attached hydrogens (tertiary/aromatic N) is 1. The lowest BCUT2D eigenvalue weighted by molar-refractivity contribution is 0.102. The van der Waals surface area contributed by atoms with Gasteiger partial charge in [0.2, 0.25) is 0 Å². The molecule has 0 aliphatic carbocycles. The fraction of sp³-hybridized carbons (Fsp3) is 0. The van der Waals surface area contributed by atoms with Crippen molar-refractivity contribution in [1.29, 1.82) is 0 Å². The van der Waals surface area contributed by atoms with E-state index in [1.165, 1.54) is 18.3 Å². The van der Waals surface area contributed by atoms with Crippen molar-refractivity contribution < 1.29 is 9.90 Å². The Morgan fingerprint density at radius 3 is 2.78 bits per heavy atom. The van der Waals surface area contributed by atoms with E-state index in [-0.39, 0.29) is 11.3 Å². The number of nitrogens with one attached hydrogen (secondary N) is 1. The molecule has 0 spiro atoms. The largest absolute Gasteiger partial charge is 0.507 e. The number of carbonyl (C=O) groups excluding carboxylic acids is 1. The fourth-order valence-electron chi connectivity index (χ4n) is 1.35. The molecule has 92 valence electrons. The van der Waals surface area contributed by atoms with Crippen molar-refractivity contribution >= 4 is 33.3 Å². The van der Waals surface area contributed by atoms with E-state index in [0.717, 1.165) is 0 Å². The Labute approximate surface area is 112 Å². The second-order valence-corrected chi connectivity index (χ2v) is 4.51. The van der Waals surface area contributed by atoms with Crippen LogP contribution in [0, 0.1) is 0 Å². The normalized spacial score (nSPS) is 10.1. The molecule has 1 aromatic heterocycles. The van der Waals surface area contributed by atoms with E-state index < -0.39 is 5.91 Å². The number of aromatic hydroxyl groups is 1. The van der Waals surface area contributed by atoms with E-state index in [9.17, 15) is 9.90 Å². The summed E-state index contributed by atoms with van der Waals surface area (Å²) in [6, 6.07) is 7.83. The van der Waals surface area contributed by atoms with Crippen LogP contribution in [0.5, 0.6) is 5.75 Å². The van der Waals surface area contributed by atoms with Crippen LogP contribution in [0.2, 0.25) is 0 Å². The molecule has 0 saturated carbocycles. The lowest BCUT2D eigenvalue weighted by Crippen LogP contribution is -2.13. The number of nitrogens with two attached hydrogens (primary N) is 1. The first-order chi connectivity index (χ1) is 8.56. The summed E-state index contributed by atoms with van der Waals surface area (Å²) in [5.41, 5.74) is 6.17. The maximum Gasteiger partial charge on any atom is 0.260 e. The SMILES string of the molecule is Nc1ccc(NC(=O)c2cc(Br)ccc2O)nc1. The number of aromatic nitrogens is 1. The van der Waals surface area contributed by atoms with Crippen molar-refractivity contribution in [3.8, 4) is 5.75 Å². The average molecular weight is 308 g/mol. The molecule has 18 heavy (non-hydrogen) atoms. The molecule has 0 aliphatic rings. The summed E-state index contributed by atoms with van der Waals surface area (Å²) in [5.74, 6) is -0.161. The van der Waals surface area contributed by atoms with Crippen LogP contribution < -0.4 is 11.1 Å². The fourth-order valence-corrected chi connectivity index (χ4v) is 1.71. The Morgan fingerprint density at radius 2 is 2.11 bits per heavy atom. The third-order valence-electron chi connectivity index (χ3n) is 2.23. The van der Waals surface area contributed by atoms with Crippen molar-refractivity contribution in [2.75, 3.05) is 11.1 Å². The average Bonchev–Trinajstić information content (AvgIpc) is 2.35. The van der Waals surface area contributed by atoms with Gasteiger partial charge < -0.3 is 16.2 Å². The van der Waals surface area contributed by atoms with Gasteiger partial charge in [-0.15, -0.1) is 0 Å². The van der Waals surface area contributed by atoms with E-state index in [2.05, 4.69) is 26.2 Å². The zero-order chi connectivity index (χ0) is 13.1. The van der Waals surface area contributed by atoms with Crippen LogP contribution in [0.4, 0.5) is 11.5 Å². The van der Waals surface area contributed by atoms with Crippen molar-refractivity contribution in [2.24, 2.45) is 0 Å². The second-order valence-electron chi connectivity index (χ2n) is 3.59. The number of phenols is 1. The molecular weight excluding hydrogens is 298 g/mol. The van der Waals surface area contributed by atoms with Crippen LogP contribution in [0.3, 0.4) is 0 Å². The van der Waals surface area contributed by atoms with Gasteiger partial charge in [-0.1, -0.05) is 15.9 Å². The summed E-state index contributed by atoms with van der Waals surface area (Å²) in [5, 5.41) is 12.2. The van der Waals surface area contributed by atoms with Gasteiger partial charge in [-0.3, -0.25) is 4.79 Å². The van der Waals surface area contributed by atoms with Gasteiger partial charge in [-0.2, -0.15) is 0 Å². The summed E-state index contributed by atoms with van der Waals surface area (Å²) < 4.78 is 0.704. The number of hydrogen-bond acceptors (Lipinski definition) is 4. The van der Waals surface area contributed by atoms with Crippen LogP contribution in [0.25, 0.3) is 0 Å². The topological polar surface area (TPSA) is 88.2 Å². The first-order valence-corrected chi connectivity index (χ1v) is 5.87. The van der Waals surface area contributed by atoms with E-state index in [4.69, 9.17) is 5.73 Å². The molecule has 0 radical (unpaired) electrons. The standard InChI is InChI=1S/C12H10BrN3O2/c13-7-1-3-10(17)9(5-7)12(18)16-11-4-2-8(14)6-15-11/h1-6,17H,14H2,(H,15,16,18). The zero-order valence-corrected chi connectivity index (χ0v) is 10.8. The predicted molar refractivity (Wildman–Crippen MR) is 72.4 cm³/mol. The minimum atomic E-state index is -0.439. The second kappa shape index (κ2) is 5.05. The molecule has 6 heteroatoms. The lowest BCUT2D eigenvalue weighted by atomic mass is 10.2. The Hall–Kier alpha value is -2.08. The number of rotatable bonds is 2. The minimum Gasteiger partial charge on any atom is -0.507 e. The van der Waals surface area contributed by atoms with E-state index in [1.54, 1.807) is 18.2 Å². The van der Waals surface area contributed by atoms with Gasteiger partial charge in [0.25, 0.3) is 5.91 Å². The first-order valence-electron chi connectivity index (χ1n) is 5.07. The molecule has 1 heterocycles. The van der Waals surface area contributed by atoms with Gasteiger partial charge in [0, 0.05) is 4.47 Å². The zero-order valence-electron chi connectivity index (χ0n) is 9.22. The van der Waals surface area contributed by atoms with Gasteiger partial charge in [-0.25, -0.2) is 4.98 Å². The van der Waals surface area contributed by atoms with Crippen molar-refractivity contribution in [3.05, 3.63) is 46.6 Å². The highest BCUT2D eigenvalue weighted by Gasteiger charge is 2.12. The van der Waals surface area contributed by atoms with Crippen molar-refractivity contribution in [3.63, 3.8) is 0 Å². The summed E-state index contributed by atoms with van der Waals surface area (Å²) >= 11 is 3.24. The lowest BCUT2D eigenvalue weighted by Gasteiger charge is -2.06. The highest BCUT2D eigenvalue weighted by atomic mass is 79.9. The number of nitrogen functional groups attached to an aromatic ring is 1. The molecule has 2 rings (SSSR count). The molecule has 0 atom stereocenters. The van der Waals surface area contributed by atoms with Crippen LogP contribution >= 0.6 is 15.9 Å². The van der Waals surface area contributed by atoms with Crippen LogP contribution in [0.15, 0.2) is 41.0 Å². The Kier molecular flexibility index (Phi) is 3.47. The Bertz CT molecular complexity index is 584. The summed E-state index contributed by atoms with van der Waals surface area (Å²) in [7, 11) is 0. The number of carbonyl (C=O) groups is 1. The molecule has 4 N–H and O–H groups in total. The Balaban J connectivity index is 2.21. The van der Waals surface area contributed by atoms with Crippen molar-refractivity contribution in [1.82, 2.24) is 4.98 Å². The quantitative estimate of drug-likeness (QED) is 0.795. The third-order valence-corrected chi connectivity index (χ3v) is 2.72. The van der Waals surface area contributed by atoms with Gasteiger partial charge in [0.15, 0.2) is 0 Å². The maximum absolute atomic E-state index is 11.9. The number of hydrogen-bond donors (Lipinski definition) is 3. The van der Waals surface area contributed by atoms with Gasteiger partial charge in [0.05, 0.1) is 17.4 Å². The molecule has 0 saturated heterocycles. The third kappa shape index (κ3) is 2.78. The number of benzene rings is 1. The molecule has 1 aromatic carbocycles. The summed E-state index contributed by atoms with van der Waals surface area (Å²) in [6.45, 7) is 0. The van der Waals surface area contributed by atoms with E-state index >= 15 is 0 Å². The molecule has 5 nitrogen and oxygen atoms in total. The minimum absolute atomic E-state index is 0.0915. The number of halogens is 1. The molecule has 1 amide bonds. The van der Waals surface area contributed by atoms with Crippen molar-refractivity contribution in [2.45, 2.75) is 0 Å². The van der Waals surface area contributed by atoms with E-state index in [0.29, 0.717) is 16.0 Å². The number of phenolic OH excluding ortho intramolecular Hbond substituents is 1. The molecule has 0 bridgehead atoms. The van der Waals surface area contributed by atoms with E-state index in [1.807, 2.05) is 0 Å². The number of amides is 1. The highest BCUT2D eigenvalue weighted by Crippen LogP contribution is 2.22. The predicted octanol–water partition coefficient (Wildman–Crippen LogP) is 2.38. The molecule has 0 aliphatic heterocycles. The summed E-state index contributed by atoms with van der Waals surface area (Å²) in [6.07, 6.45) is 1.44. The highest BCUT2D eigenvalue weighted by molar-refractivity contribution is 9.10. The molecule has 0 unspecified atom stereocenters. The van der Waals surface area contributed by atoms with Crippen LogP contribution in [0.1, 0.15) is 10.4 Å². The van der Waals surface area contributed by atoms with Crippen LogP contribution in [-0.2, 0) is 0 Å². The molecule has 0 fully saturated rings. The number of pyridine rings is 1. The molecule has 2 aromatic rings.